The van der Waals surface area contributed by atoms with Crippen LogP contribution in [-0.2, 0) is 0 Å². The number of hydrogen-bond donors (Lipinski definition) is 1. The zero-order chi connectivity index (χ0) is 13.0. The van der Waals surface area contributed by atoms with Gasteiger partial charge in [0.25, 0.3) is 5.69 Å². The lowest BCUT2D eigenvalue weighted by Gasteiger charge is -2.15. The number of nitrogens with zero attached hydrogens (tertiary/aromatic N) is 1. The lowest BCUT2D eigenvalue weighted by Crippen LogP contribution is -2.06. The van der Waals surface area contributed by atoms with E-state index in [1.807, 2.05) is 43.3 Å². The van der Waals surface area contributed by atoms with Crippen molar-refractivity contribution in [3.05, 3.63) is 70.3 Å². The van der Waals surface area contributed by atoms with E-state index in [-0.39, 0.29) is 11.7 Å². The van der Waals surface area contributed by atoms with Gasteiger partial charge in [0.2, 0.25) is 0 Å². The Hall–Kier alpha value is -2.36. The predicted octanol–water partition coefficient (Wildman–Crippen LogP) is 3.77. The first-order valence-electron chi connectivity index (χ1n) is 5.73. The van der Waals surface area contributed by atoms with E-state index >= 15 is 0 Å². The van der Waals surface area contributed by atoms with Crippen molar-refractivity contribution in [1.29, 1.82) is 0 Å². The summed E-state index contributed by atoms with van der Waals surface area (Å²) in [4.78, 5) is 10.3. The minimum Gasteiger partial charge on any atom is -0.378 e. The van der Waals surface area contributed by atoms with Crippen LogP contribution >= 0.6 is 0 Å². The SMILES string of the molecule is CC(Nc1cccc([N+](=O)[O-])c1)c1ccccc1. The van der Waals surface area contributed by atoms with E-state index in [0.29, 0.717) is 0 Å². The molecule has 0 spiro atoms. The number of rotatable bonds is 4. The van der Waals surface area contributed by atoms with Crippen molar-refractivity contribution in [2.45, 2.75) is 13.0 Å². The van der Waals surface area contributed by atoms with E-state index in [1.54, 1.807) is 12.1 Å². The van der Waals surface area contributed by atoms with Gasteiger partial charge >= 0.3 is 0 Å². The zero-order valence-electron chi connectivity index (χ0n) is 10.0. The highest BCUT2D eigenvalue weighted by molar-refractivity contribution is 5.52. The Kier molecular flexibility index (Phi) is 3.57. The van der Waals surface area contributed by atoms with Crippen LogP contribution in [0, 0.1) is 10.1 Å². The van der Waals surface area contributed by atoms with Gasteiger partial charge in [-0.25, -0.2) is 0 Å². The summed E-state index contributed by atoms with van der Waals surface area (Å²) < 4.78 is 0. The van der Waals surface area contributed by atoms with Crippen LogP contribution in [0.5, 0.6) is 0 Å². The van der Waals surface area contributed by atoms with Gasteiger partial charge in [-0.3, -0.25) is 10.1 Å². The van der Waals surface area contributed by atoms with Gasteiger partial charge in [-0.05, 0) is 18.6 Å². The van der Waals surface area contributed by atoms with Crippen LogP contribution in [0.15, 0.2) is 54.6 Å². The van der Waals surface area contributed by atoms with Gasteiger partial charge in [-0.1, -0.05) is 36.4 Å². The Balaban J connectivity index is 2.14. The predicted molar refractivity (Wildman–Crippen MR) is 71.6 cm³/mol. The second kappa shape index (κ2) is 5.31. The molecule has 92 valence electrons. The van der Waals surface area contributed by atoms with E-state index < -0.39 is 4.92 Å². The lowest BCUT2D eigenvalue weighted by atomic mass is 10.1. The fourth-order valence-electron chi connectivity index (χ4n) is 1.78. The van der Waals surface area contributed by atoms with Crippen LogP contribution in [-0.4, -0.2) is 4.92 Å². The third kappa shape index (κ3) is 2.85. The van der Waals surface area contributed by atoms with Crippen LogP contribution < -0.4 is 5.32 Å². The molecule has 0 aliphatic rings. The molecule has 0 fully saturated rings. The monoisotopic (exact) mass is 242 g/mol. The van der Waals surface area contributed by atoms with Gasteiger partial charge < -0.3 is 5.32 Å². The Labute approximate surface area is 105 Å². The van der Waals surface area contributed by atoms with Gasteiger partial charge in [0, 0.05) is 23.9 Å². The molecule has 2 aromatic rings. The first-order chi connectivity index (χ1) is 8.66. The molecule has 18 heavy (non-hydrogen) atoms. The van der Waals surface area contributed by atoms with E-state index in [1.165, 1.54) is 6.07 Å². The third-order valence-electron chi connectivity index (χ3n) is 2.74. The van der Waals surface area contributed by atoms with Crippen LogP contribution in [0.2, 0.25) is 0 Å². The van der Waals surface area contributed by atoms with Crippen LogP contribution in [0.1, 0.15) is 18.5 Å². The molecule has 0 heterocycles. The van der Waals surface area contributed by atoms with Gasteiger partial charge in [-0.15, -0.1) is 0 Å². The normalized spacial score (nSPS) is 11.8. The summed E-state index contributed by atoms with van der Waals surface area (Å²) in [5.41, 5.74) is 1.99. The molecule has 2 aromatic carbocycles. The first-order valence-corrected chi connectivity index (χ1v) is 5.73. The molecule has 0 radical (unpaired) electrons. The molecule has 0 aromatic heterocycles. The zero-order valence-corrected chi connectivity index (χ0v) is 10.0. The Morgan fingerprint density at radius 3 is 2.50 bits per heavy atom. The smallest absolute Gasteiger partial charge is 0.271 e. The maximum Gasteiger partial charge on any atom is 0.271 e. The fraction of sp³-hybridized carbons (Fsp3) is 0.143. The quantitative estimate of drug-likeness (QED) is 0.656. The molecule has 0 aliphatic carbocycles. The molecule has 2 rings (SSSR count). The number of hydrogen-bond acceptors (Lipinski definition) is 3. The summed E-state index contributed by atoms with van der Waals surface area (Å²) >= 11 is 0. The van der Waals surface area contributed by atoms with Crippen molar-refractivity contribution in [2.24, 2.45) is 0 Å². The van der Waals surface area contributed by atoms with Crippen molar-refractivity contribution in [3.8, 4) is 0 Å². The van der Waals surface area contributed by atoms with Gasteiger partial charge in [0.15, 0.2) is 0 Å². The Bertz CT molecular complexity index is 541. The van der Waals surface area contributed by atoms with E-state index in [4.69, 9.17) is 0 Å². The summed E-state index contributed by atoms with van der Waals surface area (Å²) in [7, 11) is 0. The number of nitrogens with one attached hydrogen (secondary N) is 1. The fourth-order valence-corrected chi connectivity index (χ4v) is 1.78. The molecule has 0 amide bonds. The topological polar surface area (TPSA) is 55.2 Å². The highest BCUT2D eigenvalue weighted by atomic mass is 16.6. The summed E-state index contributed by atoms with van der Waals surface area (Å²) in [6.07, 6.45) is 0. The number of nitro benzene ring substituents is 1. The molecule has 0 aliphatic heterocycles. The van der Waals surface area contributed by atoms with Crippen molar-refractivity contribution < 1.29 is 4.92 Å². The van der Waals surface area contributed by atoms with Gasteiger partial charge in [0.05, 0.1) is 4.92 Å². The minimum atomic E-state index is -0.391. The molecule has 1 N–H and O–H groups in total. The second-order valence-electron chi connectivity index (χ2n) is 4.08. The van der Waals surface area contributed by atoms with Gasteiger partial charge in [0.1, 0.15) is 0 Å². The van der Waals surface area contributed by atoms with Crippen LogP contribution in [0.25, 0.3) is 0 Å². The van der Waals surface area contributed by atoms with E-state index in [0.717, 1.165) is 11.3 Å². The van der Waals surface area contributed by atoms with Crippen molar-refractivity contribution in [2.75, 3.05) is 5.32 Å². The summed E-state index contributed by atoms with van der Waals surface area (Å²) in [5, 5.41) is 13.9. The molecule has 1 atom stereocenters. The largest absolute Gasteiger partial charge is 0.378 e. The third-order valence-corrected chi connectivity index (χ3v) is 2.74. The Morgan fingerprint density at radius 2 is 1.83 bits per heavy atom. The van der Waals surface area contributed by atoms with Crippen molar-refractivity contribution >= 4 is 11.4 Å². The summed E-state index contributed by atoms with van der Waals surface area (Å²) in [5.74, 6) is 0. The summed E-state index contributed by atoms with van der Waals surface area (Å²) in [6.45, 7) is 2.02. The molecule has 4 heteroatoms. The first kappa shape index (κ1) is 12.1. The molecule has 0 bridgehead atoms. The summed E-state index contributed by atoms with van der Waals surface area (Å²) in [6, 6.07) is 16.6. The van der Waals surface area contributed by atoms with Crippen molar-refractivity contribution in [1.82, 2.24) is 0 Å². The minimum absolute atomic E-state index is 0.0975. The average Bonchev–Trinajstić information content (AvgIpc) is 2.40. The molecular formula is C14H14N2O2. The molecule has 1 unspecified atom stereocenters. The number of anilines is 1. The average molecular weight is 242 g/mol. The Morgan fingerprint density at radius 1 is 1.11 bits per heavy atom. The second-order valence-corrected chi connectivity index (χ2v) is 4.08. The maximum atomic E-state index is 10.7. The number of benzene rings is 2. The molecular weight excluding hydrogens is 228 g/mol. The number of nitro groups is 1. The lowest BCUT2D eigenvalue weighted by molar-refractivity contribution is -0.384. The van der Waals surface area contributed by atoms with E-state index in [9.17, 15) is 10.1 Å². The van der Waals surface area contributed by atoms with E-state index in [2.05, 4.69) is 5.32 Å². The van der Waals surface area contributed by atoms with Crippen molar-refractivity contribution in [3.63, 3.8) is 0 Å². The standard InChI is InChI=1S/C14H14N2O2/c1-11(12-6-3-2-4-7-12)15-13-8-5-9-14(10-13)16(17)18/h2-11,15H,1H3. The highest BCUT2D eigenvalue weighted by Crippen LogP contribution is 2.22. The van der Waals surface area contributed by atoms with Gasteiger partial charge in [-0.2, -0.15) is 0 Å². The van der Waals surface area contributed by atoms with Crippen LogP contribution in [0.3, 0.4) is 0 Å². The highest BCUT2D eigenvalue weighted by Gasteiger charge is 2.08. The molecule has 4 nitrogen and oxygen atoms in total. The van der Waals surface area contributed by atoms with Crippen LogP contribution in [0.4, 0.5) is 11.4 Å². The molecule has 0 saturated heterocycles. The maximum absolute atomic E-state index is 10.7. The molecule has 0 saturated carbocycles. The number of non-ortho nitro benzene ring substituents is 1.